The molecule has 0 fully saturated rings. The molecule has 34 heavy (non-hydrogen) atoms. The van der Waals surface area contributed by atoms with Gasteiger partial charge < -0.3 is 9.47 Å². The zero-order valence-electron chi connectivity index (χ0n) is 18.4. The Morgan fingerprint density at radius 3 is 2.38 bits per heavy atom. The number of esters is 1. The van der Waals surface area contributed by atoms with Crippen LogP contribution in [-0.2, 0) is 39.1 Å². The fourth-order valence-corrected chi connectivity index (χ4v) is 6.36. The number of carbonyl (C=O) groups excluding carboxylic acids is 1. The van der Waals surface area contributed by atoms with Gasteiger partial charge in [0.2, 0.25) is 10.0 Å². The topological polar surface area (TPSA) is 72.9 Å². The second kappa shape index (κ2) is 10.6. The Morgan fingerprint density at radius 1 is 1.00 bits per heavy atom. The van der Waals surface area contributed by atoms with Gasteiger partial charge in [0, 0.05) is 21.9 Å². The average Bonchev–Trinajstić information content (AvgIpc) is 2.84. The highest BCUT2D eigenvalue weighted by molar-refractivity contribution is 9.10. The number of ether oxygens (including phenoxy) is 2. The van der Waals surface area contributed by atoms with Crippen LogP contribution in [0.15, 0.2) is 80.6 Å². The zero-order chi connectivity index (χ0) is 24.3. The maximum atomic E-state index is 13.9. The van der Waals surface area contributed by atoms with E-state index < -0.39 is 22.0 Å². The minimum atomic E-state index is -4.09. The van der Waals surface area contributed by atoms with E-state index in [1.165, 1.54) is 10.4 Å². The third-order valence-corrected chi connectivity index (χ3v) is 8.46. The molecular formula is C25H23Br2NO5S. The zero-order valence-corrected chi connectivity index (χ0v) is 22.4. The first kappa shape index (κ1) is 24.9. The Morgan fingerprint density at radius 2 is 1.68 bits per heavy atom. The molecule has 0 spiro atoms. The van der Waals surface area contributed by atoms with E-state index in [1.807, 2.05) is 48.5 Å². The molecule has 6 nitrogen and oxygen atoms in total. The summed E-state index contributed by atoms with van der Waals surface area (Å²) >= 11 is 6.74. The number of benzene rings is 3. The largest absolute Gasteiger partial charge is 0.492 e. The summed E-state index contributed by atoms with van der Waals surface area (Å²) in [5.41, 5.74) is 2.60. The van der Waals surface area contributed by atoms with Crippen LogP contribution in [0.4, 0.5) is 0 Å². The summed E-state index contributed by atoms with van der Waals surface area (Å²) in [5, 5.41) is 0. The molecule has 0 N–H and O–H groups in total. The van der Waals surface area contributed by atoms with Gasteiger partial charge in [0.1, 0.15) is 23.3 Å². The van der Waals surface area contributed by atoms with Gasteiger partial charge in [0.15, 0.2) is 0 Å². The van der Waals surface area contributed by atoms with Crippen molar-refractivity contribution in [1.82, 2.24) is 4.31 Å². The predicted octanol–water partition coefficient (Wildman–Crippen LogP) is 5.47. The minimum absolute atomic E-state index is 0.00816. The van der Waals surface area contributed by atoms with Gasteiger partial charge >= 0.3 is 5.97 Å². The van der Waals surface area contributed by atoms with Crippen molar-refractivity contribution in [3.05, 3.63) is 92.4 Å². The van der Waals surface area contributed by atoms with Crippen LogP contribution in [-0.4, -0.2) is 31.3 Å². The molecular weight excluding hydrogens is 586 g/mol. The lowest BCUT2D eigenvalue weighted by Gasteiger charge is -2.34. The molecule has 0 aliphatic carbocycles. The summed E-state index contributed by atoms with van der Waals surface area (Å²) in [4.78, 5) is 13.2. The van der Waals surface area contributed by atoms with Crippen LogP contribution in [0, 0.1) is 0 Å². The molecule has 0 saturated carbocycles. The normalized spacial score (nSPS) is 16.0. The van der Waals surface area contributed by atoms with Gasteiger partial charge in [-0.3, -0.25) is 4.79 Å². The molecule has 1 aliphatic rings. The van der Waals surface area contributed by atoms with Crippen molar-refractivity contribution in [3.63, 3.8) is 0 Å². The van der Waals surface area contributed by atoms with Gasteiger partial charge in [-0.1, -0.05) is 68.3 Å². The van der Waals surface area contributed by atoms with Gasteiger partial charge in [-0.25, -0.2) is 8.42 Å². The van der Waals surface area contributed by atoms with Crippen LogP contribution in [0.3, 0.4) is 0 Å². The van der Waals surface area contributed by atoms with Crippen LogP contribution in [0.2, 0.25) is 0 Å². The highest BCUT2D eigenvalue weighted by Crippen LogP contribution is 2.35. The van der Waals surface area contributed by atoms with Gasteiger partial charge in [0.25, 0.3) is 0 Å². The number of nitrogens with zero attached hydrogens (tertiary/aromatic N) is 1. The highest BCUT2D eigenvalue weighted by atomic mass is 79.9. The van der Waals surface area contributed by atoms with Gasteiger partial charge in [0.05, 0.1) is 6.61 Å². The Bertz CT molecular complexity index is 1290. The molecule has 3 aromatic carbocycles. The molecule has 0 unspecified atom stereocenters. The number of fused-ring (bicyclic) bond motifs is 1. The van der Waals surface area contributed by atoms with E-state index in [0.717, 1.165) is 21.2 Å². The highest BCUT2D eigenvalue weighted by Gasteiger charge is 2.41. The molecule has 1 aliphatic heterocycles. The number of hydrogen-bond acceptors (Lipinski definition) is 5. The first-order valence-corrected chi connectivity index (χ1v) is 13.7. The number of carbonyl (C=O) groups is 1. The van der Waals surface area contributed by atoms with Crippen LogP contribution in [0.1, 0.15) is 23.6 Å². The Hall–Kier alpha value is -2.20. The van der Waals surface area contributed by atoms with Crippen LogP contribution >= 0.6 is 31.9 Å². The molecule has 4 rings (SSSR count). The van der Waals surface area contributed by atoms with Crippen molar-refractivity contribution in [1.29, 1.82) is 0 Å². The summed E-state index contributed by atoms with van der Waals surface area (Å²) in [7, 11) is -4.09. The van der Waals surface area contributed by atoms with E-state index in [2.05, 4.69) is 31.9 Å². The van der Waals surface area contributed by atoms with Gasteiger partial charge in [-0.15, -0.1) is 0 Å². The van der Waals surface area contributed by atoms with Crippen molar-refractivity contribution in [2.75, 3.05) is 6.61 Å². The molecule has 178 valence electrons. The fourth-order valence-electron chi connectivity index (χ4n) is 3.87. The quantitative estimate of drug-likeness (QED) is 0.333. The van der Waals surface area contributed by atoms with Gasteiger partial charge in [-0.05, 0) is 53.9 Å². The van der Waals surface area contributed by atoms with Crippen LogP contribution in [0.5, 0.6) is 5.75 Å². The van der Waals surface area contributed by atoms with E-state index in [0.29, 0.717) is 11.1 Å². The lowest BCUT2D eigenvalue weighted by molar-refractivity contribution is -0.150. The minimum Gasteiger partial charge on any atom is -0.492 e. The SMILES string of the molecule is CCOc1ccc(Br)cc1S(=O)(=O)N1Cc2ccccc2C[C@@H]1C(=O)OCc1ccc(Br)cc1. The summed E-state index contributed by atoms with van der Waals surface area (Å²) in [6.45, 7) is 2.22. The predicted molar refractivity (Wildman–Crippen MR) is 136 cm³/mol. The fraction of sp³-hybridized carbons (Fsp3) is 0.240. The summed E-state index contributed by atoms with van der Waals surface area (Å²) < 4.78 is 41.7. The Kier molecular flexibility index (Phi) is 7.77. The smallest absolute Gasteiger partial charge is 0.325 e. The van der Waals surface area contributed by atoms with Crippen molar-refractivity contribution < 1.29 is 22.7 Å². The summed E-state index contributed by atoms with van der Waals surface area (Å²) in [6, 6.07) is 18.8. The molecule has 1 atom stereocenters. The standard InChI is InChI=1S/C25H23Br2NO5S/c1-2-32-23-12-11-21(27)14-24(23)34(30,31)28-15-19-6-4-3-5-18(19)13-22(28)25(29)33-16-17-7-9-20(26)10-8-17/h3-12,14,22H,2,13,15-16H2,1H3/t22-/m1/s1. The molecule has 3 aromatic rings. The molecule has 0 amide bonds. The van der Waals surface area contributed by atoms with E-state index in [-0.39, 0.29) is 30.2 Å². The van der Waals surface area contributed by atoms with Crippen LogP contribution in [0.25, 0.3) is 0 Å². The van der Waals surface area contributed by atoms with E-state index in [1.54, 1.807) is 19.1 Å². The van der Waals surface area contributed by atoms with Crippen molar-refractivity contribution in [2.24, 2.45) is 0 Å². The van der Waals surface area contributed by atoms with E-state index in [4.69, 9.17) is 9.47 Å². The lowest BCUT2D eigenvalue weighted by atomic mass is 9.96. The van der Waals surface area contributed by atoms with Crippen molar-refractivity contribution >= 4 is 47.9 Å². The summed E-state index contributed by atoms with van der Waals surface area (Å²) in [5.74, 6) is -0.347. The second-order valence-electron chi connectivity index (χ2n) is 7.80. The summed E-state index contributed by atoms with van der Waals surface area (Å²) in [6.07, 6.45) is 0.229. The molecule has 0 aromatic heterocycles. The van der Waals surface area contributed by atoms with E-state index in [9.17, 15) is 13.2 Å². The second-order valence-corrected chi connectivity index (χ2v) is 11.5. The third kappa shape index (κ3) is 5.38. The number of hydrogen-bond donors (Lipinski definition) is 0. The first-order valence-electron chi connectivity index (χ1n) is 10.7. The number of sulfonamides is 1. The monoisotopic (exact) mass is 607 g/mol. The molecule has 1 heterocycles. The van der Waals surface area contributed by atoms with Crippen molar-refractivity contribution in [3.8, 4) is 5.75 Å². The molecule has 9 heteroatoms. The molecule has 0 bridgehead atoms. The van der Waals surface area contributed by atoms with Gasteiger partial charge in [-0.2, -0.15) is 4.31 Å². The number of rotatable bonds is 7. The van der Waals surface area contributed by atoms with Crippen molar-refractivity contribution in [2.45, 2.75) is 37.4 Å². The first-order chi connectivity index (χ1) is 16.3. The molecule has 0 radical (unpaired) electrons. The third-order valence-electron chi connectivity index (χ3n) is 5.56. The maximum absolute atomic E-state index is 13.9. The maximum Gasteiger partial charge on any atom is 0.325 e. The molecule has 0 saturated heterocycles. The van der Waals surface area contributed by atoms with E-state index >= 15 is 0 Å². The Labute approximate surface area is 216 Å². The lowest BCUT2D eigenvalue weighted by Crippen LogP contribution is -2.49. The number of halogens is 2. The average molecular weight is 609 g/mol. The van der Waals surface area contributed by atoms with Crippen LogP contribution < -0.4 is 4.74 Å². The Balaban J connectivity index is 1.68.